The minimum atomic E-state index is -1.12. The number of nitrogens with zero attached hydrogens (tertiary/aromatic N) is 5. The van der Waals surface area contributed by atoms with E-state index in [1.54, 1.807) is 11.2 Å². The largest absolute Gasteiger partial charge is 0.476 e. The van der Waals surface area contributed by atoms with Crippen LogP contribution in [0.25, 0.3) is 11.1 Å². The minimum absolute atomic E-state index is 0.103. The van der Waals surface area contributed by atoms with Gasteiger partial charge < -0.3 is 10.0 Å². The van der Waals surface area contributed by atoms with Crippen molar-refractivity contribution in [3.05, 3.63) is 66.5 Å². The zero-order chi connectivity index (χ0) is 27.3. The van der Waals surface area contributed by atoms with Crippen LogP contribution in [-0.4, -0.2) is 54.8 Å². The lowest BCUT2D eigenvalue weighted by Gasteiger charge is -2.41. The second-order valence-corrected chi connectivity index (χ2v) is 9.00. The van der Waals surface area contributed by atoms with E-state index in [4.69, 9.17) is 5.11 Å². The topological polar surface area (TPSA) is 101 Å². The Morgan fingerprint density at radius 1 is 1.00 bits per heavy atom. The molecule has 8 heteroatoms. The number of aryl methyl sites for hydroxylation is 1. The SMILES string of the molecule is CC.CCCC1(CC)CCN(C(=O)n2ccc(C(=O)O)n2)CC1.CCc1cccc(-c2cncnc2)c1. The van der Waals surface area contributed by atoms with Gasteiger partial charge in [-0.2, -0.15) is 9.78 Å². The van der Waals surface area contributed by atoms with Gasteiger partial charge in [-0.3, -0.25) is 0 Å². The fourth-order valence-electron chi connectivity index (χ4n) is 4.59. The van der Waals surface area contributed by atoms with Gasteiger partial charge in [-0.1, -0.05) is 71.7 Å². The average Bonchev–Trinajstić information content (AvgIpc) is 3.46. The number of rotatable bonds is 6. The highest BCUT2D eigenvalue weighted by molar-refractivity contribution is 5.86. The lowest BCUT2D eigenvalue weighted by molar-refractivity contribution is 0.0689. The van der Waals surface area contributed by atoms with Crippen LogP contribution in [0.1, 0.15) is 82.8 Å². The molecule has 8 nitrogen and oxygen atoms in total. The van der Waals surface area contributed by atoms with Crippen LogP contribution in [0.15, 0.2) is 55.2 Å². The van der Waals surface area contributed by atoms with Crippen LogP contribution in [0.4, 0.5) is 4.79 Å². The Labute approximate surface area is 220 Å². The summed E-state index contributed by atoms with van der Waals surface area (Å²) >= 11 is 0. The molecule has 1 N–H and O–H groups in total. The normalized spacial score (nSPS) is 14.0. The zero-order valence-corrected chi connectivity index (χ0v) is 22.9. The Kier molecular flexibility index (Phi) is 11.9. The van der Waals surface area contributed by atoms with Crippen LogP contribution in [0.2, 0.25) is 0 Å². The van der Waals surface area contributed by atoms with E-state index in [0.29, 0.717) is 5.41 Å². The molecule has 1 saturated heterocycles. The maximum absolute atomic E-state index is 12.3. The third-order valence-electron chi connectivity index (χ3n) is 6.86. The summed E-state index contributed by atoms with van der Waals surface area (Å²) in [5, 5.41) is 12.7. The molecule has 0 atom stereocenters. The Morgan fingerprint density at radius 3 is 2.22 bits per heavy atom. The quantitative estimate of drug-likeness (QED) is 0.405. The number of amides is 1. The van der Waals surface area contributed by atoms with Crippen LogP contribution < -0.4 is 0 Å². The van der Waals surface area contributed by atoms with E-state index in [-0.39, 0.29) is 11.7 Å². The van der Waals surface area contributed by atoms with Gasteiger partial charge in [0, 0.05) is 37.2 Å². The van der Waals surface area contributed by atoms with Crippen LogP contribution in [-0.2, 0) is 6.42 Å². The summed E-state index contributed by atoms with van der Waals surface area (Å²) in [6.45, 7) is 12.0. The standard InChI is InChI=1S/C15H23N3O3.C12H12N2.C2H6/c1-3-6-15(4-2)7-10-17(11-8-15)14(21)18-9-5-12(16-18)13(19)20;1-2-10-4-3-5-11(6-10)12-7-13-9-14-8-12;1-2/h5,9H,3-4,6-8,10-11H2,1-2H3,(H,19,20);3-9H,2H2,1H3;1-2H3. The number of likely N-dealkylation sites (tertiary alicyclic amines) is 1. The lowest BCUT2D eigenvalue weighted by atomic mass is 9.73. The summed E-state index contributed by atoms with van der Waals surface area (Å²) in [6, 6.07) is 9.58. The molecule has 1 aromatic carbocycles. The number of carbonyl (C=O) groups is 2. The lowest BCUT2D eigenvalue weighted by Crippen LogP contribution is -2.44. The molecule has 3 heterocycles. The van der Waals surface area contributed by atoms with Crippen molar-refractivity contribution in [3.63, 3.8) is 0 Å². The first kappa shape index (κ1) is 29.7. The summed E-state index contributed by atoms with van der Waals surface area (Å²) < 4.78 is 1.13. The summed E-state index contributed by atoms with van der Waals surface area (Å²) in [5.74, 6) is -1.12. The summed E-state index contributed by atoms with van der Waals surface area (Å²) in [6.07, 6.45) is 13.2. The van der Waals surface area contributed by atoms with E-state index in [1.807, 2.05) is 26.2 Å². The van der Waals surface area contributed by atoms with Gasteiger partial charge in [0.05, 0.1) is 0 Å². The van der Waals surface area contributed by atoms with Crippen molar-refractivity contribution in [3.8, 4) is 11.1 Å². The number of carboxylic acid groups (broad SMARTS) is 1. The number of benzene rings is 1. The molecule has 0 spiro atoms. The number of hydrogen-bond acceptors (Lipinski definition) is 5. The Hall–Kier alpha value is -3.55. The molecule has 200 valence electrons. The number of aromatic nitrogens is 4. The molecule has 1 aliphatic rings. The van der Waals surface area contributed by atoms with Crippen molar-refractivity contribution in [2.75, 3.05) is 13.1 Å². The van der Waals surface area contributed by atoms with E-state index in [2.05, 4.69) is 60.1 Å². The van der Waals surface area contributed by atoms with E-state index in [9.17, 15) is 9.59 Å². The van der Waals surface area contributed by atoms with Crippen molar-refractivity contribution < 1.29 is 14.7 Å². The maximum atomic E-state index is 12.3. The number of carboxylic acids is 1. The number of aromatic carboxylic acids is 1. The fraction of sp³-hybridized carbons (Fsp3) is 0.483. The molecule has 0 radical (unpaired) electrons. The smallest absolute Gasteiger partial charge is 0.356 e. The number of piperidine rings is 1. The second kappa shape index (κ2) is 14.9. The van der Waals surface area contributed by atoms with E-state index in [1.165, 1.54) is 36.2 Å². The summed E-state index contributed by atoms with van der Waals surface area (Å²) in [4.78, 5) is 32.9. The monoisotopic (exact) mass is 507 g/mol. The average molecular weight is 508 g/mol. The molecule has 37 heavy (non-hydrogen) atoms. The van der Waals surface area contributed by atoms with Gasteiger partial charge in [0.2, 0.25) is 0 Å². The predicted octanol–water partition coefficient (Wildman–Crippen LogP) is 6.57. The third-order valence-corrected chi connectivity index (χ3v) is 6.86. The van der Waals surface area contributed by atoms with Crippen molar-refractivity contribution >= 4 is 12.0 Å². The van der Waals surface area contributed by atoms with Crippen molar-refractivity contribution in [1.82, 2.24) is 24.6 Å². The third kappa shape index (κ3) is 8.23. The predicted molar refractivity (Wildman–Crippen MR) is 147 cm³/mol. The van der Waals surface area contributed by atoms with Gasteiger partial charge in [0.1, 0.15) is 6.33 Å². The molecular weight excluding hydrogens is 466 g/mol. The molecule has 3 aromatic rings. The molecule has 0 aliphatic carbocycles. The molecule has 0 unspecified atom stereocenters. The van der Waals surface area contributed by atoms with Crippen molar-refractivity contribution in [2.45, 2.75) is 73.1 Å². The van der Waals surface area contributed by atoms with Gasteiger partial charge in [-0.05, 0) is 48.3 Å². The van der Waals surface area contributed by atoms with Crippen LogP contribution >= 0.6 is 0 Å². The van der Waals surface area contributed by atoms with Crippen molar-refractivity contribution in [2.24, 2.45) is 5.41 Å². The Balaban J connectivity index is 0.000000260. The van der Waals surface area contributed by atoms with Gasteiger partial charge in [0.25, 0.3) is 0 Å². The van der Waals surface area contributed by atoms with E-state index < -0.39 is 5.97 Å². The second-order valence-electron chi connectivity index (χ2n) is 9.00. The molecule has 0 bridgehead atoms. The molecule has 0 saturated carbocycles. The van der Waals surface area contributed by atoms with Crippen LogP contribution in [0, 0.1) is 5.41 Å². The highest BCUT2D eigenvalue weighted by atomic mass is 16.4. The summed E-state index contributed by atoms with van der Waals surface area (Å²) in [5.41, 5.74) is 3.86. The first-order valence-electron chi connectivity index (χ1n) is 13.3. The summed E-state index contributed by atoms with van der Waals surface area (Å²) in [7, 11) is 0. The van der Waals surface area contributed by atoms with E-state index in [0.717, 1.165) is 49.0 Å². The van der Waals surface area contributed by atoms with E-state index >= 15 is 0 Å². The van der Waals surface area contributed by atoms with Gasteiger partial charge in [-0.15, -0.1) is 0 Å². The Bertz CT molecular complexity index is 1110. The van der Waals surface area contributed by atoms with Gasteiger partial charge >= 0.3 is 12.0 Å². The molecule has 2 aromatic heterocycles. The molecule has 4 rings (SSSR count). The molecular formula is C29H41N5O3. The van der Waals surface area contributed by atoms with Crippen LogP contribution in [0.5, 0.6) is 0 Å². The fourth-order valence-corrected chi connectivity index (χ4v) is 4.59. The first-order chi connectivity index (χ1) is 17.9. The highest BCUT2D eigenvalue weighted by Gasteiger charge is 2.34. The van der Waals surface area contributed by atoms with Gasteiger partial charge in [-0.25, -0.2) is 19.6 Å². The zero-order valence-electron chi connectivity index (χ0n) is 22.9. The van der Waals surface area contributed by atoms with Crippen LogP contribution in [0.3, 0.4) is 0 Å². The molecule has 1 amide bonds. The van der Waals surface area contributed by atoms with Crippen molar-refractivity contribution in [1.29, 1.82) is 0 Å². The number of carbonyl (C=O) groups excluding carboxylic acids is 1. The molecule has 1 aliphatic heterocycles. The molecule has 1 fully saturated rings. The first-order valence-corrected chi connectivity index (χ1v) is 13.3. The number of hydrogen-bond donors (Lipinski definition) is 1. The maximum Gasteiger partial charge on any atom is 0.356 e. The minimum Gasteiger partial charge on any atom is -0.476 e. The Morgan fingerprint density at radius 2 is 1.68 bits per heavy atom. The van der Waals surface area contributed by atoms with Gasteiger partial charge in [0.15, 0.2) is 5.69 Å². The highest BCUT2D eigenvalue weighted by Crippen LogP contribution is 2.39.